The first-order chi connectivity index (χ1) is 15.8. The quantitative estimate of drug-likeness (QED) is 0.602. The van der Waals surface area contributed by atoms with Crippen molar-refractivity contribution < 1.29 is 27.5 Å². The van der Waals surface area contributed by atoms with Crippen molar-refractivity contribution in [1.82, 2.24) is 14.7 Å². The number of alkyl halides is 3. The maximum absolute atomic E-state index is 13.4. The van der Waals surface area contributed by atoms with E-state index >= 15 is 0 Å². The van der Waals surface area contributed by atoms with Crippen LogP contribution >= 0.6 is 0 Å². The van der Waals surface area contributed by atoms with Crippen LogP contribution in [0.1, 0.15) is 61.8 Å². The van der Waals surface area contributed by atoms with Gasteiger partial charge < -0.3 is 14.5 Å². The molecule has 0 saturated heterocycles. The van der Waals surface area contributed by atoms with E-state index in [0.29, 0.717) is 43.0 Å². The van der Waals surface area contributed by atoms with Gasteiger partial charge in [-0.25, -0.2) is 4.79 Å². The predicted octanol–water partition coefficient (Wildman–Crippen LogP) is 5.15. The van der Waals surface area contributed by atoms with Crippen LogP contribution in [0.15, 0.2) is 36.5 Å². The normalized spacial score (nSPS) is 19.1. The summed E-state index contributed by atoms with van der Waals surface area (Å²) in [5, 5.41) is 4.41. The molecule has 1 aromatic heterocycles. The number of halogens is 3. The second-order valence-electron chi connectivity index (χ2n) is 9.57. The van der Waals surface area contributed by atoms with Gasteiger partial charge in [0.15, 0.2) is 0 Å². The third-order valence-corrected chi connectivity index (χ3v) is 5.82. The first-order valence-corrected chi connectivity index (χ1v) is 11.1. The fourth-order valence-electron chi connectivity index (χ4n) is 4.16. The molecule has 0 radical (unpaired) electrons. The van der Waals surface area contributed by atoms with Crippen molar-refractivity contribution in [3.05, 3.63) is 53.4 Å². The van der Waals surface area contributed by atoms with Crippen molar-refractivity contribution in [2.45, 2.75) is 51.9 Å². The first kappa shape index (κ1) is 23.8. The maximum Gasteiger partial charge on any atom is 0.416 e. The van der Waals surface area contributed by atoms with E-state index in [1.165, 1.54) is 17.0 Å². The SMILES string of the molecule is CC1CN(c2ccc(C(F)(F)F)cc2)C(=O)c2c(C3=CCN(C(=O)OC(C)(C)C)CC3)cnn21. The van der Waals surface area contributed by atoms with Crippen molar-refractivity contribution in [3.8, 4) is 0 Å². The minimum atomic E-state index is -4.44. The van der Waals surface area contributed by atoms with Crippen LogP contribution < -0.4 is 4.90 Å². The number of hydrogen-bond acceptors (Lipinski definition) is 4. The largest absolute Gasteiger partial charge is 0.444 e. The molecular weight excluding hydrogens is 449 g/mol. The lowest BCUT2D eigenvalue weighted by Gasteiger charge is -2.33. The van der Waals surface area contributed by atoms with Crippen LogP contribution in [0.5, 0.6) is 0 Å². The minimum absolute atomic E-state index is 0.161. The van der Waals surface area contributed by atoms with Crippen molar-refractivity contribution in [2.24, 2.45) is 0 Å². The second-order valence-corrected chi connectivity index (χ2v) is 9.57. The summed E-state index contributed by atoms with van der Waals surface area (Å²) in [6.45, 7) is 8.42. The molecular formula is C24H27F3N4O3. The number of anilines is 1. The second kappa shape index (κ2) is 8.48. The molecule has 10 heteroatoms. The van der Waals surface area contributed by atoms with E-state index < -0.39 is 23.4 Å². The summed E-state index contributed by atoms with van der Waals surface area (Å²) in [6, 6.07) is 4.44. The Balaban J connectivity index is 1.58. The lowest BCUT2D eigenvalue weighted by atomic mass is 9.98. The fourth-order valence-corrected chi connectivity index (χ4v) is 4.16. The smallest absolute Gasteiger partial charge is 0.416 e. The number of fused-ring (bicyclic) bond motifs is 1. The average molecular weight is 476 g/mol. The molecule has 0 bridgehead atoms. The molecule has 0 N–H and O–H groups in total. The number of carbonyl (C=O) groups excluding carboxylic acids is 2. The molecule has 182 valence electrons. The van der Waals surface area contributed by atoms with Crippen molar-refractivity contribution >= 4 is 23.3 Å². The summed E-state index contributed by atoms with van der Waals surface area (Å²) in [5.74, 6) is -0.319. The molecule has 0 aliphatic carbocycles. The Morgan fingerprint density at radius 1 is 1.15 bits per heavy atom. The summed E-state index contributed by atoms with van der Waals surface area (Å²) in [7, 11) is 0. The summed E-state index contributed by atoms with van der Waals surface area (Å²) in [5.41, 5.74) is 1.03. The van der Waals surface area contributed by atoms with Gasteiger partial charge in [-0.05, 0) is 64.0 Å². The Bertz CT molecular complexity index is 1130. The lowest BCUT2D eigenvalue weighted by molar-refractivity contribution is -0.137. The van der Waals surface area contributed by atoms with E-state index in [1.807, 2.05) is 33.8 Å². The highest BCUT2D eigenvalue weighted by Crippen LogP contribution is 2.35. The van der Waals surface area contributed by atoms with Crippen LogP contribution in [-0.2, 0) is 10.9 Å². The number of ether oxygens (including phenoxy) is 1. The van der Waals surface area contributed by atoms with Crippen LogP contribution in [0.4, 0.5) is 23.7 Å². The topological polar surface area (TPSA) is 67.7 Å². The van der Waals surface area contributed by atoms with Gasteiger partial charge in [0.05, 0.1) is 17.8 Å². The minimum Gasteiger partial charge on any atom is -0.444 e. The van der Waals surface area contributed by atoms with Crippen LogP contribution in [-0.4, -0.2) is 51.9 Å². The van der Waals surface area contributed by atoms with Gasteiger partial charge in [0.1, 0.15) is 11.3 Å². The van der Waals surface area contributed by atoms with Gasteiger partial charge in [-0.2, -0.15) is 18.3 Å². The molecule has 7 nitrogen and oxygen atoms in total. The maximum atomic E-state index is 13.4. The predicted molar refractivity (Wildman–Crippen MR) is 120 cm³/mol. The molecule has 3 heterocycles. The number of rotatable bonds is 2. The van der Waals surface area contributed by atoms with Gasteiger partial charge in [0.25, 0.3) is 5.91 Å². The lowest BCUT2D eigenvalue weighted by Crippen LogP contribution is -2.43. The summed E-state index contributed by atoms with van der Waals surface area (Å²) < 4.78 is 45.9. The molecule has 34 heavy (non-hydrogen) atoms. The molecule has 2 aliphatic rings. The van der Waals surface area contributed by atoms with Gasteiger partial charge >= 0.3 is 12.3 Å². The third-order valence-electron chi connectivity index (χ3n) is 5.82. The Morgan fingerprint density at radius 3 is 2.38 bits per heavy atom. The standard InChI is InChI=1S/C24H27F3N4O3/c1-15-14-30(18-7-5-17(6-8-18)24(25,26)27)21(32)20-19(13-28-31(15)20)16-9-11-29(12-10-16)22(33)34-23(2,3)4/h5-9,13,15H,10-12,14H2,1-4H3. The summed E-state index contributed by atoms with van der Waals surface area (Å²) in [4.78, 5) is 28.9. The molecule has 2 aromatic rings. The fraction of sp³-hybridized carbons (Fsp3) is 0.458. The molecule has 1 unspecified atom stereocenters. The van der Waals surface area contributed by atoms with E-state index in [4.69, 9.17) is 4.74 Å². The number of benzene rings is 1. The molecule has 1 aromatic carbocycles. The van der Waals surface area contributed by atoms with Crippen molar-refractivity contribution in [3.63, 3.8) is 0 Å². The molecule has 4 rings (SSSR count). The number of nitrogens with zero attached hydrogens (tertiary/aromatic N) is 4. The Kier molecular flexibility index (Phi) is 5.95. The van der Waals surface area contributed by atoms with Gasteiger partial charge in [0.2, 0.25) is 0 Å². The zero-order chi connectivity index (χ0) is 24.8. The summed E-state index contributed by atoms with van der Waals surface area (Å²) >= 11 is 0. The molecule has 0 saturated carbocycles. The van der Waals surface area contributed by atoms with Crippen LogP contribution in [0, 0.1) is 0 Å². The Labute approximate surface area is 195 Å². The van der Waals surface area contributed by atoms with Gasteiger partial charge in [0, 0.05) is 30.9 Å². The van der Waals surface area contributed by atoms with E-state index in [2.05, 4.69) is 5.10 Å². The van der Waals surface area contributed by atoms with Crippen molar-refractivity contribution in [2.75, 3.05) is 24.5 Å². The summed E-state index contributed by atoms with van der Waals surface area (Å²) in [6.07, 6.45) is -0.766. The van der Waals surface area contributed by atoms with Crippen LogP contribution in [0.25, 0.3) is 5.57 Å². The zero-order valence-electron chi connectivity index (χ0n) is 19.5. The molecule has 1 atom stereocenters. The number of hydrogen-bond donors (Lipinski definition) is 0. The first-order valence-electron chi connectivity index (χ1n) is 11.1. The zero-order valence-corrected chi connectivity index (χ0v) is 19.5. The number of carbonyl (C=O) groups is 2. The number of amides is 2. The highest BCUT2D eigenvalue weighted by Gasteiger charge is 2.36. The molecule has 2 aliphatic heterocycles. The van der Waals surface area contributed by atoms with Crippen LogP contribution in [0.2, 0.25) is 0 Å². The number of aromatic nitrogens is 2. The van der Waals surface area contributed by atoms with E-state index in [1.54, 1.807) is 15.8 Å². The molecule has 2 amide bonds. The van der Waals surface area contributed by atoms with Gasteiger partial charge in [-0.15, -0.1) is 0 Å². The highest BCUT2D eigenvalue weighted by molar-refractivity contribution is 6.08. The Hall–Kier alpha value is -3.30. The van der Waals surface area contributed by atoms with Gasteiger partial charge in [-0.1, -0.05) is 6.08 Å². The highest BCUT2D eigenvalue weighted by atomic mass is 19.4. The van der Waals surface area contributed by atoms with E-state index in [-0.39, 0.29) is 11.9 Å². The average Bonchev–Trinajstić information content (AvgIpc) is 3.21. The van der Waals surface area contributed by atoms with Crippen molar-refractivity contribution in [1.29, 1.82) is 0 Å². The molecule has 0 spiro atoms. The van der Waals surface area contributed by atoms with E-state index in [9.17, 15) is 22.8 Å². The monoisotopic (exact) mass is 476 g/mol. The van der Waals surface area contributed by atoms with E-state index in [0.717, 1.165) is 17.7 Å². The van der Waals surface area contributed by atoms with Crippen LogP contribution in [0.3, 0.4) is 0 Å². The Morgan fingerprint density at radius 2 is 1.82 bits per heavy atom. The molecule has 0 fully saturated rings. The van der Waals surface area contributed by atoms with Gasteiger partial charge in [-0.3, -0.25) is 9.48 Å². The third kappa shape index (κ3) is 4.67.